The van der Waals surface area contributed by atoms with E-state index in [0.717, 1.165) is 5.56 Å². The third kappa shape index (κ3) is 5.80. The van der Waals surface area contributed by atoms with Crippen LogP contribution in [0.4, 0.5) is 22.9 Å². The van der Waals surface area contributed by atoms with Crippen molar-refractivity contribution in [1.82, 2.24) is 9.55 Å². The van der Waals surface area contributed by atoms with Gasteiger partial charge in [0.2, 0.25) is 0 Å². The topological polar surface area (TPSA) is 156 Å². The zero-order chi connectivity index (χ0) is 26.4. The molecule has 1 aromatic heterocycles. The maximum atomic E-state index is 13.6. The van der Waals surface area contributed by atoms with Crippen molar-refractivity contribution >= 4 is 28.8 Å². The number of nitrogens with two attached hydrogens (primary N) is 1. The van der Waals surface area contributed by atoms with Crippen molar-refractivity contribution in [3.05, 3.63) is 90.6 Å². The highest BCUT2D eigenvalue weighted by atomic mass is 16.6. The third-order valence-electron chi connectivity index (χ3n) is 5.65. The van der Waals surface area contributed by atoms with Gasteiger partial charge in [0.1, 0.15) is 11.5 Å². The van der Waals surface area contributed by atoms with Gasteiger partial charge >= 0.3 is 5.69 Å². The first-order chi connectivity index (χ1) is 17.1. The van der Waals surface area contributed by atoms with E-state index in [1.165, 1.54) is 27.7 Å². The molecule has 4 N–H and O–H groups in total. The van der Waals surface area contributed by atoms with E-state index in [1.54, 1.807) is 6.92 Å². The summed E-state index contributed by atoms with van der Waals surface area (Å²) in [5.41, 5.74) is 5.46. The Morgan fingerprint density at radius 2 is 1.89 bits per heavy atom. The van der Waals surface area contributed by atoms with Crippen molar-refractivity contribution in [3.63, 3.8) is 0 Å². The molecule has 1 amide bonds. The Balaban J connectivity index is 2.13. The molecule has 0 bridgehead atoms. The Kier molecular flexibility index (Phi) is 8.26. The van der Waals surface area contributed by atoms with Gasteiger partial charge in [-0.05, 0) is 37.0 Å². The number of benzene rings is 2. The molecule has 0 radical (unpaired) electrons. The van der Waals surface area contributed by atoms with Crippen molar-refractivity contribution in [2.45, 2.75) is 33.7 Å². The Morgan fingerprint density at radius 3 is 2.50 bits per heavy atom. The maximum Gasteiger partial charge on any atom is 0.330 e. The summed E-state index contributed by atoms with van der Waals surface area (Å²) in [6.07, 6.45) is 0.528. The highest BCUT2D eigenvalue weighted by Crippen LogP contribution is 2.28. The van der Waals surface area contributed by atoms with Crippen molar-refractivity contribution in [2.75, 3.05) is 29.0 Å². The summed E-state index contributed by atoms with van der Waals surface area (Å²) in [4.78, 5) is 53.7. The number of nitro benzene ring substituents is 1. The molecule has 1 heterocycles. The molecule has 0 saturated carbocycles. The maximum absolute atomic E-state index is 13.6. The lowest BCUT2D eigenvalue weighted by Crippen LogP contribution is -2.42. The molecule has 2 aromatic carbocycles. The molecule has 0 aliphatic carbocycles. The van der Waals surface area contributed by atoms with Crippen molar-refractivity contribution in [2.24, 2.45) is 5.92 Å². The average molecular weight is 495 g/mol. The van der Waals surface area contributed by atoms with Crippen LogP contribution in [0.25, 0.3) is 0 Å². The molecule has 0 spiro atoms. The van der Waals surface area contributed by atoms with Crippen LogP contribution in [-0.2, 0) is 6.54 Å². The average Bonchev–Trinajstić information content (AvgIpc) is 2.84. The lowest BCUT2D eigenvalue weighted by atomic mass is 10.1. The zero-order valence-corrected chi connectivity index (χ0v) is 20.5. The second-order valence-electron chi connectivity index (χ2n) is 8.72. The second kappa shape index (κ2) is 11.3. The number of anilines is 3. The van der Waals surface area contributed by atoms with Gasteiger partial charge in [-0.15, -0.1) is 0 Å². The van der Waals surface area contributed by atoms with Gasteiger partial charge in [0.15, 0.2) is 5.69 Å². The number of H-pyrrole nitrogens is 1. The Labute approximate surface area is 207 Å². The van der Waals surface area contributed by atoms with E-state index in [-0.39, 0.29) is 47.5 Å². The number of nitrogens with one attached hydrogen (secondary N) is 2. The van der Waals surface area contributed by atoms with Crippen molar-refractivity contribution < 1.29 is 9.72 Å². The van der Waals surface area contributed by atoms with Crippen LogP contribution in [0.1, 0.15) is 43.1 Å². The van der Waals surface area contributed by atoms with E-state index < -0.39 is 22.1 Å². The van der Waals surface area contributed by atoms with Gasteiger partial charge in [-0.3, -0.25) is 29.3 Å². The smallest absolute Gasteiger partial charge is 0.330 e. The van der Waals surface area contributed by atoms with Gasteiger partial charge in [0.05, 0.1) is 11.5 Å². The van der Waals surface area contributed by atoms with Crippen molar-refractivity contribution in [1.29, 1.82) is 0 Å². The van der Waals surface area contributed by atoms with Gasteiger partial charge in [-0.2, -0.15) is 0 Å². The molecule has 36 heavy (non-hydrogen) atoms. The molecule has 0 fully saturated rings. The molecule has 0 saturated heterocycles. The fraction of sp³-hybridized carbons (Fsp3) is 0.320. The van der Waals surface area contributed by atoms with Crippen LogP contribution in [-0.4, -0.2) is 33.5 Å². The van der Waals surface area contributed by atoms with E-state index >= 15 is 0 Å². The van der Waals surface area contributed by atoms with E-state index in [4.69, 9.17) is 5.73 Å². The number of rotatable bonds is 10. The predicted octanol–water partition coefficient (Wildman–Crippen LogP) is 3.20. The minimum atomic E-state index is -0.808. The molecular formula is C25H30N6O5. The van der Waals surface area contributed by atoms with Gasteiger partial charge < -0.3 is 16.0 Å². The SMILES string of the molecule is CCNc1ccc(C(=O)N(CCC(C)C)c2c(N)n(Cc3ccccc3)c(=O)[nH]c2=O)cc1[N+](=O)[O-]. The number of carbonyl (C=O) groups is 1. The first-order valence-electron chi connectivity index (χ1n) is 11.6. The van der Waals surface area contributed by atoms with E-state index in [2.05, 4.69) is 10.3 Å². The van der Waals surface area contributed by atoms with Gasteiger partial charge in [-0.25, -0.2) is 4.79 Å². The Bertz CT molecular complexity index is 1360. The molecule has 11 nitrogen and oxygen atoms in total. The fourth-order valence-electron chi connectivity index (χ4n) is 3.77. The molecule has 0 unspecified atom stereocenters. The van der Waals surface area contributed by atoms with Gasteiger partial charge in [-0.1, -0.05) is 44.2 Å². The quantitative estimate of drug-likeness (QED) is 0.288. The summed E-state index contributed by atoms with van der Waals surface area (Å²) < 4.78 is 1.19. The second-order valence-corrected chi connectivity index (χ2v) is 8.72. The van der Waals surface area contributed by atoms with Crippen LogP contribution < -0.4 is 27.2 Å². The van der Waals surface area contributed by atoms with Crippen LogP contribution in [0.3, 0.4) is 0 Å². The summed E-state index contributed by atoms with van der Waals surface area (Å²) in [7, 11) is 0. The van der Waals surface area contributed by atoms with E-state index in [1.807, 2.05) is 44.2 Å². The molecule has 0 aliphatic heterocycles. The standard InChI is InChI=1S/C25H30N6O5/c1-4-27-19-11-10-18(14-20(19)31(35)36)24(33)29(13-12-16(2)3)21-22(26)30(25(34)28-23(21)32)15-17-8-6-5-7-9-17/h5-11,14,16,27H,4,12-13,15,26H2,1-3H3,(H,28,32,34). The number of hydrogen-bond acceptors (Lipinski definition) is 7. The largest absolute Gasteiger partial charge is 0.383 e. The van der Waals surface area contributed by atoms with Crippen LogP contribution in [0.15, 0.2) is 58.1 Å². The van der Waals surface area contributed by atoms with Gasteiger partial charge in [0, 0.05) is 24.7 Å². The van der Waals surface area contributed by atoms with Crippen molar-refractivity contribution in [3.8, 4) is 0 Å². The summed E-state index contributed by atoms with van der Waals surface area (Å²) in [5, 5.41) is 14.5. The number of hydrogen-bond donors (Lipinski definition) is 3. The van der Waals surface area contributed by atoms with Crippen LogP contribution in [0, 0.1) is 16.0 Å². The number of amides is 1. The minimum absolute atomic E-state index is 0.0201. The minimum Gasteiger partial charge on any atom is -0.383 e. The Morgan fingerprint density at radius 1 is 1.19 bits per heavy atom. The number of aromatic nitrogens is 2. The first kappa shape index (κ1) is 26.2. The zero-order valence-electron chi connectivity index (χ0n) is 20.5. The number of nitrogens with zero attached hydrogens (tertiary/aromatic N) is 3. The van der Waals surface area contributed by atoms with E-state index in [0.29, 0.717) is 13.0 Å². The summed E-state index contributed by atoms with van der Waals surface area (Å²) >= 11 is 0. The molecule has 3 rings (SSSR count). The monoisotopic (exact) mass is 494 g/mol. The lowest BCUT2D eigenvalue weighted by Gasteiger charge is -2.25. The predicted molar refractivity (Wildman–Crippen MR) is 140 cm³/mol. The third-order valence-corrected chi connectivity index (χ3v) is 5.65. The molecule has 190 valence electrons. The Hall–Kier alpha value is -4.41. The summed E-state index contributed by atoms with van der Waals surface area (Å²) in [6.45, 7) is 6.39. The molecule has 0 aliphatic rings. The number of aromatic amines is 1. The first-order valence-corrected chi connectivity index (χ1v) is 11.6. The van der Waals surface area contributed by atoms with Crippen LogP contribution in [0.2, 0.25) is 0 Å². The fourth-order valence-corrected chi connectivity index (χ4v) is 3.77. The molecular weight excluding hydrogens is 464 g/mol. The summed E-state index contributed by atoms with van der Waals surface area (Å²) in [6, 6.07) is 13.2. The number of nitro groups is 1. The van der Waals surface area contributed by atoms with Gasteiger partial charge in [0.25, 0.3) is 17.2 Å². The van der Waals surface area contributed by atoms with E-state index in [9.17, 15) is 24.5 Å². The summed E-state index contributed by atoms with van der Waals surface area (Å²) in [5.74, 6) is -0.617. The van der Waals surface area contributed by atoms with Crippen LogP contribution >= 0.6 is 0 Å². The number of nitrogen functional groups attached to an aromatic ring is 1. The molecule has 3 aromatic rings. The van der Waals surface area contributed by atoms with Crippen LogP contribution in [0.5, 0.6) is 0 Å². The lowest BCUT2D eigenvalue weighted by molar-refractivity contribution is -0.384. The number of carbonyl (C=O) groups excluding carboxylic acids is 1. The molecule has 0 atom stereocenters. The molecule has 11 heteroatoms. The highest BCUT2D eigenvalue weighted by molar-refractivity contribution is 6.08. The normalized spacial score (nSPS) is 10.9. The highest BCUT2D eigenvalue weighted by Gasteiger charge is 2.27.